The molecule has 0 unspecified atom stereocenters. The van der Waals surface area contributed by atoms with Crippen molar-refractivity contribution in [2.75, 3.05) is 5.32 Å². The van der Waals surface area contributed by atoms with Crippen molar-refractivity contribution in [1.82, 2.24) is 15.3 Å². The SMILES string of the molecule is Cc1cc(Cl)nc(Cl)c1C(=O)NC(=O)c1cccnc1NC1CC1. The van der Waals surface area contributed by atoms with Gasteiger partial charge in [-0.05, 0) is 43.5 Å². The summed E-state index contributed by atoms with van der Waals surface area (Å²) >= 11 is 11.8. The van der Waals surface area contributed by atoms with Crippen LogP contribution >= 0.6 is 23.2 Å². The fourth-order valence-electron chi connectivity index (χ4n) is 2.23. The van der Waals surface area contributed by atoms with Gasteiger partial charge in [-0.25, -0.2) is 9.97 Å². The van der Waals surface area contributed by atoms with E-state index in [9.17, 15) is 9.59 Å². The van der Waals surface area contributed by atoms with Crippen LogP contribution < -0.4 is 10.6 Å². The molecule has 8 heteroatoms. The maximum absolute atomic E-state index is 12.4. The van der Waals surface area contributed by atoms with E-state index >= 15 is 0 Å². The monoisotopic (exact) mass is 364 g/mol. The van der Waals surface area contributed by atoms with Crippen molar-refractivity contribution in [3.8, 4) is 0 Å². The second-order valence-corrected chi connectivity index (χ2v) is 6.27. The van der Waals surface area contributed by atoms with Gasteiger partial charge in [0.15, 0.2) is 0 Å². The van der Waals surface area contributed by atoms with Crippen molar-refractivity contribution in [2.24, 2.45) is 0 Å². The zero-order valence-electron chi connectivity index (χ0n) is 12.8. The summed E-state index contributed by atoms with van der Waals surface area (Å²) < 4.78 is 0. The molecule has 6 nitrogen and oxygen atoms in total. The van der Waals surface area contributed by atoms with Crippen LogP contribution in [0, 0.1) is 6.92 Å². The molecule has 0 aromatic carbocycles. The molecule has 0 saturated heterocycles. The minimum atomic E-state index is -0.632. The topological polar surface area (TPSA) is 84.0 Å². The zero-order chi connectivity index (χ0) is 17.3. The van der Waals surface area contributed by atoms with Crippen LogP contribution in [0.2, 0.25) is 10.3 Å². The normalized spacial score (nSPS) is 13.5. The molecule has 2 aromatic rings. The number of hydrogen-bond acceptors (Lipinski definition) is 5. The van der Waals surface area contributed by atoms with Crippen LogP contribution in [0.1, 0.15) is 39.1 Å². The number of anilines is 1. The number of carbonyl (C=O) groups excluding carboxylic acids is 2. The van der Waals surface area contributed by atoms with Crippen LogP contribution in [-0.2, 0) is 0 Å². The van der Waals surface area contributed by atoms with E-state index in [0.29, 0.717) is 23.0 Å². The molecule has 2 N–H and O–H groups in total. The lowest BCUT2D eigenvalue weighted by Crippen LogP contribution is -2.32. The number of halogens is 2. The largest absolute Gasteiger partial charge is 0.367 e. The van der Waals surface area contributed by atoms with E-state index in [1.165, 1.54) is 6.07 Å². The third kappa shape index (κ3) is 3.66. The Hall–Kier alpha value is -2.18. The van der Waals surface area contributed by atoms with Crippen molar-refractivity contribution in [3.05, 3.63) is 51.4 Å². The zero-order valence-corrected chi connectivity index (χ0v) is 14.3. The average molecular weight is 365 g/mol. The fraction of sp³-hybridized carbons (Fsp3) is 0.250. The first-order chi connectivity index (χ1) is 11.5. The third-order valence-corrected chi connectivity index (χ3v) is 4.03. The first-order valence-electron chi connectivity index (χ1n) is 7.35. The summed E-state index contributed by atoms with van der Waals surface area (Å²) in [4.78, 5) is 32.8. The summed E-state index contributed by atoms with van der Waals surface area (Å²) in [5.41, 5.74) is 0.955. The molecule has 1 aliphatic rings. The molecule has 1 aliphatic carbocycles. The summed E-state index contributed by atoms with van der Waals surface area (Å²) in [6, 6.07) is 5.09. The number of carbonyl (C=O) groups is 2. The van der Waals surface area contributed by atoms with Crippen molar-refractivity contribution < 1.29 is 9.59 Å². The fourth-order valence-corrected chi connectivity index (χ4v) is 2.84. The highest BCUT2D eigenvalue weighted by Gasteiger charge is 2.25. The number of aromatic nitrogens is 2. The van der Waals surface area contributed by atoms with E-state index in [4.69, 9.17) is 23.2 Å². The van der Waals surface area contributed by atoms with Gasteiger partial charge >= 0.3 is 0 Å². The van der Waals surface area contributed by atoms with Gasteiger partial charge < -0.3 is 5.32 Å². The predicted octanol–water partition coefficient (Wildman–Crippen LogP) is 3.24. The summed E-state index contributed by atoms with van der Waals surface area (Å²) in [6.07, 6.45) is 3.68. The lowest BCUT2D eigenvalue weighted by atomic mass is 10.1. The van der Waals surface area contributed by atoms with Crippen LogP contribution in [0.4, 0.5) is 5.82 Å². The Morgan fingerprint density at radius 1 is 1.25 bits per heavy atom. The van der Waals surface area contributed by atoms with Gasteiger partial charge in [0.1, 0.15) is 16.1 Å². The molecule has 2 heterocycles. The molecule has 0 bridgehead atoms. The second kappa shape index (κ2) is 6.75. The molecule has 1 fully saturated rings. The van der Waals surface area contributed by atoms with Crippen molar-refractivity contribution >= 4 is 40.8 Å². The number of nitrogens with zero attached hydrogens (tertiary/aromatic N) is 2. The standard InChI is InChI=1S/C16H14Cl2N4O2/c1-8-7-11(17)21-13(18)12(8)16(24)22-15(23)10-3-2-6-19-14(10)20-9-4-5-9/h2-3,6-7,9H,4-5H2,1H3,(H,19,20)(H,22,23,24). The summed E-state index contributed by atoms with van der Waals surface area (Å²) in [5.74, 6) is -0.725. The van der Waals surface area contributed by atoms with Gasteiger partial charge in [0.25, 0.3) is 11.8 Å². The Kier molecular flexibility index (Phi) is 4.69. The third-order valence-electron chi connectivity index (χ3n) is 3.57. The molecular weight excluding hydrogens is 351 g/mol. The maximum atomic E-state index is 12.4. The molecule has 0 aliphatic heterocycles. The van der Waals surface area contributed by atoms with Gasteiger partial charge in [-0.1, -0.05) is 23.2 Å². The number of pyridine rings is 2. The maximum Gasteiger partial charge on any atom is 0.261 e. The number of aryl methyl sites for hydroxylation is 1. The highest BCUT2D eigenvalue weighted by atomic mass is 35.5. The van der Waals surface area contributed by atoms with E-state index in [0.717, 1.165) is 12.8 Å². The molecule has 3 rings (SSSR count). The number of imide groups is 1. The van der Waals surface area contributed by atoms with E-state index < -0.39 is 11.8 Å². The van der Waals surface area contributed by atoms with Crippen LogP contribution in [0.5, 0.6) is 0 Å². The first-order valence-corrected chi connectivity index (χ1v) is 8.11. The molecule has 2 amide bonds. The number of hydrogen-bond donors (Lipinski definition) is 2. The quantitative estimate of drug-likeness (QED) is 0.642. The van der Waals surface area contributed by atoms with Gasteiger partial charge in [0, 0.05) is 12.2 Å². The molecule has 0 spiro atoms. The van der Waals surface area contributed by atoms with Gasteiger partial charge in [-0.3, -0.25) is 14.9 Å². The summed E-state index contributed by atoms with van der Waals surface area (Å²) in [7, 11) is 0. The Balaban J connectivity index is 1.81. The highest BCUT2D eigenvalue weighted by molar-refractivity contribution is 6.35. The number of nitrogens with one attached hydrogen (secondary N) is 2. The summed E-state index contributed by atoms with van der Waals surface area (Å²) in [6.45, 7) is 1.67. The molecular formula is C16H14Cl2N4O2. The van der Waals surface area contributed by atoms with E-state index in [1.807, 2.05) is 0 Å². The Morgan fingerprint density at radius 2 is 2.00 bits per heavy atom. The molecule has 0 atom stereocenters. The van der Waals surface area contributed by atoms with E-state index in [-0.39, 0.29) is 15.9 Å². The summed E-state index contributed by atoms with van der Waals surface area (Å²) in [5, 5.41) is 5.63. The van der Waals surface area contributed by atoms with Crippen LogP contribution in [0.15, 0.2) is 24.4 Å². The Bertz CT molecular complexity index is 798. The molecule has 1 saturated carbocycles. The first kappa shape index (κ1) is 16.7. The highest BCUT2D eigenvalue weighted by Crippen LogP contribution is 2.25. The second-order valence-electron chi connectivity index (χ2n) is 5.53. The lowest BCUT2D eigenvalue weighted by molar-refractivity contribution is 0.0849. The van der Waals surface area contributed by atoms with Crippen LogP contribution in [0.25, 0.3) is 0 Å². The van der Waals surface area contributed by atoms with Gasteiger partial charge in [-0.15, -0.1) is 0 Å². The average Bonchev–Trinajstić information content (AvgIpc) is 3.30. The number of amides is 2. The predicted molar refractivity (Wildman–Crippen MR) is 91.7 cm³/mol. The van der Waals surface area contributed by atoms with Gasteiger partial charge in [-0.2, -0.15) is 0 Å². The molecule has 0 radical (unpaired) electrons. The van der Waals surface area contributed by atoms with Crippen molar-refractivity contribution in [1.29, 1.82) is 0 Å². The van der Waals surface area contributed by atoms with Crippen LogP contribution in [0.3, 0.4) is 0 Å². The van der Waals surface area contributed by atoms with Crippen molar-refractivity contribution in [2.45, 2.75) is 25.8 Å². The van der Waals surface area contributed by atoms with Crippen molar-refractivity contribution in [3.63, 3.8) is 0 Å². The van der Waals surface area contributed by atoms with Crippen LogP contribution in [-0.4, -0.2) is 27.8 Å². The van der Waals surface area contributed by atoms with E-state index in [1.54, 1.807) is 25.3 Å². The Labute approximate surface area is 148 Å². The molecule has 2 aromatic heterocycles. The number of rotatable bonds is 4. The molecule has 24 heavy (non-hydrogen) atoms. The smallest absolute Gasteiger partial charge is 0.261 e. The Morgan fingerprint density at radius 3 is 2.67 bits per heavy atom. The van der Waals surface area contributed by atoms with Gasteiger partial charge in [0.05, 0.1) is 11.1 Å². The van der Waals surface area contributed by atoms with E-state index in [2.05, 4.69) is 20.6 Å². The minimum absolute atomic E-state index is 0.0483. The minimum Gasteiger partial charge on any atom is -0.367 e. The van der Waals surface area contributed by atoms with Gasteiger partial charge in [0.2, 0.25) is 0 Å². The lowest BCUT2D eigenvalue weighted by Gasteiger charge is -2.11. The molecule has 124 valence electrons.